The van der Waals surface area contributed by atoms with Crippen LogP contribution >= 0.6 is 27.3 Å². The lowest BCUT2D eigenvalue weighted by Gasteiger charge is -2.14. The maximum Gasteiger partial charge on any atom is 0.416 e. The van der Waals surface area contributed by atoms with Gasteiger partial charge in [-0.3, -0.25) is 0 Å². The molecule has 0 aliphatic rings. The van der Waals surface area contributed by atoms with Gasteiger partial charge in [0, 0.05) is 5.38 Å². The summed E-state index contributed by atoms with van der Waals surface area (Å²) < 4.78 is 36.1. The summed E-state index contributed by atoms with van der Waals surface area (Å²) in [5.41, 5.74) is 0. The van der Waals surface area contributed by atoms with Crippen LogP contribution < -0.4 is 5.32 Å². The molecule has 0 fully saturated rings. The molecule has 1 unspecified atom stereocenters. The van der Waals surface area contributed by atoms with E-state index in [1.54, 1.807) is 5.38 Å². The fourth-order valence-corrected chi connectivity index (χ4v) is 1.79. The highest BCUT2D eigenvalue weighted by Crippen LogP contribution is 2.22. The van der Waals surface area contributed by atoms with Gasteiger partial charge in [-0.2, -0.15) is 13.2 Å². The molecular formula is C6H6BrF3N2OS. The Morgan fingerprint density at radius 3 is 2.71 bits per heavy atom. The zero-order valence-corrected chi connectivity index (χ0v) is 9.08. The van der Waals surface area contributed by atoms with Crippen LogP contribution in [0.3, 0.4) is 0 Å². The molecule has 0 bridgehead atoms. The number of aliphatic hydroxyl groups is 1. The van der Waals surface area contributed by atoms with Gasteiger partial charge in [-0.15, -0.1) is 11.3 Å². The fraction of sp³-hybridized carbons (Fsp3) is 0.500. The lowest BCUT2D eigenvalue weighted by atomic mass is 10.3. The summed E-state index contributed by atoms with van der Waals surface area (Å²) in [6.07, 6.45) is -6.97. The van der Waals surface area contributed by atoms with Crippen molar-refractivity contribution in [1.82, 2.24) is 4.98 Å². The quantitative estimate of drug-likeness (QED) is 0.897. The number of halogens is 4. The summed E-state index contributed by atoms with van der Waals surface area (Å²) in [4.78, 5) is 3.81. The summed E-state index contributed by atoms with van der Waals surface area (Å²) in [5.74, 6) is 0. The van der Waals surface area contributed by atoms with Gasteiger partial charge < -0.3 is 10.4 Å². The number of hydrogen-bond acceptors (Lipinski definition) is 4. The molecule has 2 N–H and O–H groups in total. The highest BCUT2D eigenvalue weighted by molar-refractivity contribution is 9.10. The van der Waals surface area contributed by atoms with Gasteiger partial charge in [0.05, 0.1) is 6.54 Å². The SMILES string of the molecule is OC(CNc1nc(Br)cs1)C(F)(F)F. The minimum absolute atomic E-state index is 0.333. The lowest BCUT2D eigenvalue weighted by molar-refractivity contribution is -0.198. The third-order valence-electron chi connectivity index (χ3n) is 1.30. The zero-order valence-electron chi connectivity index (χ0n) is 6.68. The van der Waals surface area contributed by atoms with E-state index in [2.05, 4.69) is 26.2 Å². The summed E-state index contributed by atoms with van der Waals surface area (Å²) >= 11 is 4.21. The Kier molecular flexibility index (Phi) is 3.73. The molecule has 1 rings (SSSR count). The fourth-order valence-electron chi connectivity index (χ4n) is 0.635. The first-order chi connectivity index (χ1) is 6.39. The standard InChI is InChI=1S/C6H6BrF3N2OS/c7-4-2-14-5(12-4)11-1-3(13)6(8,9)10/h2-3,13H,1H2,(H,11,12). The van der Waals surface area contributed by atoms with Gasteiger partial charge in [0.2, 0.25) is 0 Å². The van der Waals surface area contributed by atoms with Crippen LogP contribution in [0.4, 0.5) is 18.3 Å². The van der Waals surface area contributed by atoms with Gasteiger partial charge in [0.25, 0.3) is 0 Å². The summed E-state index contributed by atoms with van der Waals surface area (Å²) in [6, 6.07) is 0. The van der Waals surface area contributed by atoms with Crippen LogP contribution in [0.25, 0.3) is 0 Å². The molecule has 1 aromatic heterocycles. The van der Waals surface area contributed by atoms with Crippen molar-refractivity contribution in [3.63, 3.8) is 0 Å². The predicted octanol–water partition coefficient (Wildman–Crippen LogP) is 2.24. The Labute approximate surface area is 90.1 Å². The normalized spacial score (nSPS) is 14.1. The van der Waals surface area contributed by atoms with Crippen molar-refractivity contribution in [3.8, 4) is 0 Å². The first-order valence-corrected chi connectivity index (χ1v) is 5.16. The van der Waals surface area contributed by atoms with Crippen LogP contribution in [0.5, 0.6) is 0 Å². The van der Waals surface area contributed by atoms with Gasteiger partial charge >= 0.3 is 6.18 Å². The van der Waals surface area contributed by atoms with E-state index in [1.807, 2.05) is 0 Å². The second-order valence-electron chi connectivity index (χ2n) is 2.41. The number of anilines is 1. The van der Waals surface area contributed by atoms with Crippen LogP contribution in [-0.4, -0.2) is 28.9 Å². The maximum absolute atomic E-state index is 11.8. The molecule has 1 atom stereocenters. The molecule has 0 radical (unpaired) electrons. The van der Waals surface area contributed by atoms with Crippen LogP contribution in [0.15, 0.2) is 9.98 Å². The molecular weight excluding hydrogens is 285 g/mol. The third-order valence-corrected chi connectivity index (χ3v) is 2.81. The van der Waals surface area contributed by atoms with Gasteiger partial charge in [-0.25, -0.2) is 4.98 Å². The first-order valence-electron chi connectivity index (χ1n) is 3.49. The Balaban J connectivity index is 2.41. The van der Waals surface area contributed by atoms with Crippen molar-refractivity contribution >= 4 is 32.4 Å². The number of rotatable bonds is 3. The van der Waals surface area contributed by atoms with Crippen molar-refractivity contribution < 1.29 is 18.3 Å². The Morgan fingerprint density at radius 2 is 2.29 bits per heavy atom. The average molecular weight is 291 g/mol. The van der Waals surface area contributed by atoms with Gasteiger partial charge in [-0.05, 0) is 15.9 Å². The van der Waals surface area contributed by atoms with Crippen LogP contribution in [0.1, 0.15) is 0 Å². The highest BCUT2D eigenvalue weighted by atomic mass is 79.9. The number of thiazole rings is 1. The van der Waals surface area contributed by atoms with Crippen LogP contribution in [0, 0.1) is 0 Å². The van der Waals surface area contributed by atoms with E-state index < -0.39 is 18.8 Å². The molecule has 8 heteroatoms. The number of aliphatic hydroxyl groups excluding tert-OH is 1. The molecule has 0 aromatic carbocycles. The topological polar surface area (TPSA) is 45.1 Å². The lowest BCUT2D eigenvalue weighted by Crippen LogP contribution is -2.34. The van der Waals surface area contributed by atoms with E-state index >= 15 is 0 Å². The van der Waals surface area contributed by atoms with E-state index in [-0.39, 0.29) is 0 Å². The molecule has 0 spiro atoms. The number of alkyl halides is 3. The first kappa shape index (κ1) is 11.7. The van der Waals surface area contributed by atoms with E-state index in [1.165, 1.54) is 0 Å². The Morgan fingerprint density at radius 1 is 1.64 bits per heavy atom. The molecule has 3 nitrogen and oxygen atoms in total. The number of nitrogens with one attached hydrogen (secondary N) is 1. The molecule has 0 saturated heterocycles. The Hall–Kier alpha value is -0.340. The summed E-state index contributed by atoms with van der Waals surface area (Å²) in [5, 5.41) is 13.0. The minimum atomic E-state index is -4.60. The van der Waals surface area contributed by atoms with E-state index in [0.717, 1.165) is 11.3 Å². The third kappa shape index (κ3) is 3.43. The van der Waals surface area contributed by atoms with Crippen molar-refractivity contribution in [2.75, 3.05) is 11.9 Å². The molecule has 14 heavy (non-hydrogen) atoms. The number of aromatic nitrogens is 1. The van der Waals surface area contributed by atoms with E-state index in [0.29, 0.717) is 9.73 Å². The monoisotopic (exact) mass is 290 g/mol. The summed E-state index contributed by atoms with van der Waals surface area (Å²) in [6.45, 7) is -0.594. The minimum Gasteiger partial charge on any atom is -0.382 e. The van der Waals surface area contributed by atoms with Crippen molar-refractivity contribution in [2.24, 2.45) is 0 Å². The Bertz CT molecular complexity index is 304. The molecule has 1 heterocycles. The van der Waals surface area contributed by atoms with Crippen LogP contribution in [-0.2, 0) is 0 Å². The second kappa shape index (κ2) is 4.45. The number of hydrogen-bond donors (Lipinski definition) is 2. The highest BCUT2D eigenvalue weighted by Gasteiger charge is 2.37. The molecule has 0 aliphatic heterocycles. The van der Waals surface area contributed by atoms with E-state index in [4.69, 9.17) is 5.11 Å². The van der Waals surface area contributed by atoms with Gasteiger partial charge in [-0.1, -0.05) is 0 Å². The molecule has 0 amide bonds. The predicted molar refractivity (Wildman–Crippen MR) is 50.4 cm³/mol. The van der Waals surface area contributed by atoms with E-state index in [9.17, 15) is 13.2 Å². The molecule has 1 aromatic rings. The second-order valence-corrected chi connectivity index (χ2v) is 4.08. The number of nitrogens with zero attached hydrogens (tertiary/aromatic N) is 1. The van der Waals surface area contributed by atoms with Crippen molar-refractivity contribution in [3.05, 3.63) is 9.98 Å². The van der Waals surface area contributed by atoms with Crippen molar-refractivity contribution in [1.29, 1.82) is 0 Å². The average Bonchev–Trinajstić information content (AvgIpc) is 2.45. The van der Waals surface area contributed by atoms with Gasteiger partial charge in [0.1, 0.15) is 4.60 Å². The zero-order chi connectivity index (χ0) is 10.8. The van der Waals surface area contributed by atoms with Crippen molar-refractivity contribution in [2.45, 2.75) is 12.3 Å². The summed E-state index contributed by atoms with van der Waals surface area (Å²) in [7, 11) is 0. The van der Waals surface area contributed by atoms with Crippen LogP contribution in [0.2, 0.25) is 0 Å². The molecule has 0 aliphatic carbocycles. The maximum atomic E-state index is 11.8. The van der Waals surface area contributed by atoms with Gasteiger partial charge in [0.15, 0.2) is 11.2 Å². The molecule has 0 saturated carbocycles. The smallest absolute Gasteiger partial charge is 0.382 e. The molecule has 80 valence electrons. The largest absolute Gasteiger partial charge is 0.416 e.